The SMILES string of the molecule is C=C(NC/C=C/C(=O)n1cccn1)C(=C)NCc1ccccc1C=O. The van der Waals surface area contributed by atoms with Gasteiger partial charge in [-0.25, -0.2) is 4.68 Å². The Bertz CT molecular complexity index is 792. The zero-order valence-corrected chi connectivity index (χ0v) is 13.8. The van der Waals surface area contributed by atoms with Gasteiger partial charge >= 0.3 is 0 Å². The Morgan fingerprint density at radius 2 is 1.92 bits per heavy atom. The summed E-state index contributed by atoms with van der Waals surface area (Å²) >= 11 is 0. The Hall–Kier alpha value is -3.41. The lowest BCUT2D eigenvalue weighted by atomic mass is 10.1. The highest BCUT2D eigenvalue weighted by Crippen LogP contribution is 2.07. The van der Waals surface area contributed by atoms with Crippen molar-refractivity contribution >= 4 is 12.2 Å². The number of carbonyl (C=O) groups excluding carboxylic acids is 2. The Balaban J connectivity index is 1.76. The lowest BCUT2D eigenvalue weighted by molar-refractivity contribution is 0.0953. The first-order valence-electron chi connectivity index (χ1n) is 7.71. The second-order valence-corrected chi connectivity index (χ2v) is 5.20. The van der Waals surface area contributed by atoms with Crippen LogP contribution in [0.15, 0.2) is 79.4 Å². The molecule has 2 rings (SSSR count). The molecule has 0 saturated heterocycles. The molecule has 0 aliphatic rings. The van der Waals surface area contributed by atoms with Crippen LogP contribution in [0.2, 0.25) is 0 Å². The average Bonchev–Trinajstić information content (AvgIpc) is 3.17. The van der Waals surface area contributed by atoms with Crippen LogP contribution in [-0.2, 0) is 6.54 Å². The molecule has 0 saturated carbocycles. The van der Waals surface area contributed by atoms with Gasteiger partial charge in [-0.3, -0.25) is 9.59 Å². The predicted molar refractivity (Wildman–Crippen MR) is 96.9 cm³/mol. The van der Waals surface area contributed by atoms with Crippen LogP contribution in [0, 0.1) is 0 Å². The van der Waals surface area contributed by atoms with E-state index in [0.717, 1.165) is 11.8 Å². The van der Waals surface area contributed by atoms with Gasteiger partial charge in [0, 0.05) is 48.5 Å². The molecular formula is C19H20N4O2. The van der Waals surface area contributed by atoms with Gasteiger partial charge < -0.3 is 10.6 Å². The summed E-state index contributed by atoms with van der Waals surface area (Å²) in [7, 11) is 0. The zero-order chi connectivity index (χ0) is 18.1. The van der Waals surface area contributed by atoms with E-state index in [0.29, 0.717) is 30.0 Å². The molecule has 1 heterocycles. The summed E-state index contributed by atoms with van der Waals surface area (Å²) in [5.74, 6) is -0.222. The van der Waals surface area contributed by atoms with E-state index in [2.05, 4.69) is 28.9 Å². The van der Waals surface area contributed by atoms with Crippen LogP contribution < -0.4 is 10.6 Å². The van der Waals surface area contributed by atoms with Crippen molar-refractivity contribution in [3.8, 4) is 0 Å². The fourth-order valence-electron chi connectivity index (χ4n) is 2.04. The van der Waals surface area contributed by atoms with Gasteiger partial charge in [0.1, 0.15) is 6.29 Å². The molecular weight excluding hydrogens is 316 g/mol. The van der Waals surface area contributed by atoms with E-state index in [4.69, 9.17) is 0 Å². The third-order valence-electron chi connectivity index (χ3n) is 3.46. The standard InChI is InChI=1S/C19H20N4O2/c1-15(20-10-5-9-19(25)23-12-6-11-22-23)16(2)21-13-17-7-3-4-8-18(17)14-24/h3-9,11-12,14,20-21H,1-2,10,13H2/b9-5+. The van der Waals surface area contributed by atoms with Gasteiger partial charge in [0.15, 0.2) is 0 Å². The highest BCUT2D eigenvalue weighted by atomic mass is 16.2. The van der Waals surface area contributed by atoms with Crippen molar-refractivity contribution in [2.24, 2.45) is 0 Å². The molecule has 1 aromatic heterocycles. The molecule has 128 valence electrons. The van der Waals surface area contributed by atoms with Crippen LogP contribution in [0.4, 0.5) is 0 Å². The van der Waals surface area contributed by atoms with Crippen molar-refractivity contribution < 1.29 is 9.59 Å². The minimum absolute atomic E-state index is 0.222. The number of nitrogens with zero attached hydrogens (tertiary/aromatic N) is 2. The molecule has 0 aliphatic carbocycles. The second kappa shape index (κ2) is 9.02. The lowest BCUT2D eigenvalue weighted by Crippen LogP contribution is -2.22. The average molecular weight is 336 g/mol. The van der Waals surface area contributed by atoms with E-state index in [1.54, 1.807) is 30.6 Å². The van der Waals surface area contributed by atoms with Crippen molar-refractivity contribution in [3.63, 3.8) is 0 Å². The van der Waals surface area contributed by atoms with Crippen LogP contribution in [0.1, 0.15) is 20.7 Å². The number of nitrogens with one attached hydrogen (secondary N) is 2. The summed E-state index contributed by atoms with van der Waals surface area (Å²) in [5.41, 5.74) is 2.75. The van der Waals surface area contributed by atoms with E-state index in [1.165, 1.54) is 10.8 Å². The molecule has 0 fully saturated rings. The third-order valence-corrected chi connectivity index (χ3v) is 3.46. The fraction of sp³-hybridized carbons (Fsp3) is 0.105. The van der Waals surface area contributed by atoms with Crippen molar-refractivity contribution in [2.45, 2.75) is 6.54 Å². The number of carbonyl (C=O) groups is 2. The normalized spacial score (nSPS) is 10.4. The monoisotopic (exact) mass is 336 g/mol. The number of rotatable bonds is 9. The van der Waals surface area contributed by atoms with E-state index >= 15 is 0 Å². The summed E-state index contributed by atoms with van der Waals surface area (Å²) in [6.45, 7) is 8.71. The first kappa shape index (κ1) is 17.9. The van der Waals surface area contributed by atoms with E-state index in [1.807, 2.05) is 18.2 Å². The van der Waals surface area contributed by atoms with Gasteiger partial charge in [0.25, 0.3) is 5.91 Å². The number of hydrogen-bond donors (Lipinski definition) is 2. The molecule has 0 aliphatic heterocycles. The number of benzene rings is 1. The van der Waals surface area contributed by atoms with Gasteiger partial charge in [0.05, 0.1) is 0 Å². The van der Waals surface area contributed by atoms with Gasteiger partial charge in [0.2, 0.25) is 0 Å². The van der Waals surface area contributed by atoms with Crippen molar-refractivity contribution in [3.05, 3.63) is 90.6 Å². The fourth-order valence-corrected chi connectivity index (χ4v) is 2.04. The topological polar surface area (TPSA) is 76.0 Å². The molecule has 1 aromatic carbocycles. The van der Waals surface area contributed by atoms with Gasteiger partial charge in [-0.1, -0.05) is 43.5 Å². The molecule has 25 heavy (non-hydrogen) atoms. The Morgan fingerprint density at radius 3 is 2.64 bits per heavy atom. The molecule has 0 amide bonds. The molecule has 0 spiro atoms. The van der Waals surface area contributed by atoms with Crippen molar-refractivity contribution in [1.29, 1.82) is 0 Å². The highest BCUT2D eigenvalue weighted by molar-refractivity contribution is 5.88. The first-order chi connectivity index (χ1) is 12.1. The Labute approximate surface area is 146 Å². The number of allylic oxidation sites excluding steroid dienone is 1. The van der Waals surface area contributed by atoms with Crippen LogP contribution in [0.5, 0.6) is 0 Å². The smallest absolute Gasteiger partial charge is 0.270 e. The number of aromatic nitrogens is 2. The summed E-state index contributed by atoms with van der Waals surface area (Å²) in [6, 6.07) is 9.02. The largest absolute Gasteiger partial charge is 0.380 e. The van der Waals surface area contributed by atoms with Crippen LogP contribution in [0.25, 0.3) is 0 Å². The lowest BCUT2D eigenvalue weighted by Gasteiger charge is -2.14. The second-order valence-electron chi connectivity index (χ2n) is 5.20. The Kier molecular flexibility index (Phi) is 6.47. The quantitative estimate of drug-likeness (QED) is 0.417. The van der Waals surface area contributed by atoms with E-state index in [-0.39, 0.29) is 5.91 Å². The van der Waals surface area contributed by atoms with Crippen LogP contribution >= 0.6 is 0 Å². The van der Waals surface area contributed by atoms with Crippen molar-refractivity contribution in [1.82, 2.24) is 20.4 Å². The van der Waals surface area contributed by atoms with Crippen LogP contribution in [-0.4, -0.2) is 28.5 Å². The summed E-state index contributed by atoms with van der Waals surface area (Å²) in [5, 5.41) is 10.0. The maximum Gasteiger partial charge on any atom is 0.270 e. The van der Waals surface area contributed by atoms with E-state index in [9.17, 15) is 9.59 Å². The molecule has 0 bridgehead atoms. The molecule has 2 N–H and O–H groups in total. The van der Waals surface area contributed by atoms with E-state index < -0.39 is 0 Å². The number of aldehydes is 1. The van der Waals surface area contributed by atoms with Crippen molar-refractivity contribution in [2.75, 3.05) is 6.54 Å². The van der Waals surface area contributed by atoms with Gasteiger partial charge in [-0.15, -0.1) is 0 Å². The third kappa shape index (κ3) is 5.31. The van der Waals surface area contributed by atoms with Gasteiger partial charge in [-0.2, -0.15) is 5.10 Å². The summed E-state index contributed by atoms with van der Waals surface area (Å²) in [4.78, 5) is 22.7. The predicted octanol–water partition coefficient (Wildman–Crippen LogP) is 2.30. The molecule has 0 radical (unpaired) electrons. The minimum atomic E-state index is -0.222. The maximum atomic E-state index is 11.7. The zero-order valence-electron chi connectivity index (χ0n) is 13.8. The first-order valence-corrected chi connectivity index (χ1v) is 7.71. The highest BCUT2D eigenvalue weighted by Gasteiger charge is 2.03. The number of hydrogen-bond acceptors (Lipinski definition) is 5. The summed E-state index contributed by atoms with van der Waals surface area (Å²) in [6.07, 6.45) is 7.08. The molecule has 0 atom stereocenters. The maximum absolute atomic E-state index is 11.7. The van der Waals surface area contributed by atoms with Crippen LogP contribution in [0.3, 0.4) is 0 Å². The summed E-state index contributed by atoms with van der Waals surface area (Å²) < 4.78 is 1.25. The molecule has 6 heteroatoms. The minimum Gasteiger partial charge on any atom is -0.380 e. The molecule has 2 aromatic rings. The Morgan fingerprint density at radius 1 is 1.16 bits per heavy atom. The molecule has 0 unspecified atom stereocenters. The van der Waals surface area contributed by atoms with Gasteiger partial charge in [-0.05, 0) is 11.6 Å². The molecule has 6 nitrogen and oxygen atoms in total.